The van der Waals surface area contributed by atoms with Gasteiger partial charge in [-0.2, -0.15) is 0 Å². The Labute approximate surface area is 137 Å². The van der Waals surface area contributed by atoms with E-state index in [0.29, 0.717) is 5.92 Å². The van der Waals surface area contributed by atoms with Crippen LogP contribution >= 0.6 is 0 Å². The van der Waals surface area contributed by atoms with Gasteiger partial charge in [0, 0.05) is 5.69 Å². The number of ether oxygens (including phenoxy) is 1. The lowest BCUT2D eigenvalue weighted by Gasteiger charge is -2.17. The normalized spacial score (nSPS) is 11.9. The van der Waals surface area contributed by atoms with Crippen LogP contribution in [0.3, 0.4) is 0 Å². The third kappa shape index (κ3) is 5.33. The van der Waals surface area contributed by atoms with Gasteiger partial charge in [-0.1, -0.05) is 38.1 Å². The van der Waals surface area contributed by atoms with Crippen LogP contribution in [0.4, 0.5) is 10.5 Å². The van der Waals surface area contributed by atoms with Gasteiger partial charge in [-0.3, -0.25) is 0 Å². The number of urea groups is 1. The van der Waals surface area contributed by atoms with Crippen LogP contribution in [-0.2, 0) is 0 Å². The van der Waals surface area contributed by atoms with Crippen molar-refractivity contribution in [3.63, 3.8) is 0 Å². The molecule has 0 fully saturated rings. The number of aryl methyl sites for hydroxylation is 1. The van der Waals surface area contributed by atoms with Crippen molar-refractivity contribution in [1.29, 1.82) is 0 Å². The van der Waals surface area contributed by atoms with Crippen molar-refractivity contribution in [2.24, 2.45) is 0 Å². The number of rotatable bonds is 5. The molecule has 2 amide bonds. The molecule has 0 saturated heterocycles. The van der Waals surface area contributed by atoms with Crippen LogP contribution in [0.2, 0.25) is 0 Å². The van der Waals surface area contributed by atoms with E-state index in [-0.39, 0.29) is 6.03 Å². The summed E-state index contributed by atoms with van der Waals surface area (Å²) < 4.78 is 5.71. The van der Waals surface area contributed by atoms with E-state index in [2.05, 4.69) is 24.5 Å². The maximum absolute atomic E-state index is 12.0. The summed E-state index contributed by atoms with van der Waals surface area (Å²) in [5, 5.41) is 5.55. The molecule has 2 N–H and O–H groups in total. The minimum Gasteiger partial charge on any atom is -0.471 e. The van der Waals surface area contributed by atoms with Crippen LogP contribution in [0.25, 0.3) is 0 Å². The highest BCUT2D eigenvalue weighted by Crippen LogP contribution is 2.19. The zero-order valence-corrected chi connectivity index (χ0v) is 14.1. The summed E-state index contributed by atoms with van der Waals surface area (Å²) in [5.74, 6) is 1.22. The van der Waals surface area contributed by atoms with Crippen molar-refractivity contribution < 1.29 is 9.53 Å². The highest BCUT2D eigenvalue weighted by atomic mass is 16.5. The van der Waals surface area contributed by atoms with Gasteiger partial charge in [0.05, 0.1) is 0 Å². The second kappa shape index (κ2) is 7.68. The lowest BCUT2D eigenvalue weighted by Crippen LogP contribution is -2.39. The minimum atomic E-state index is -0.426. The van der Waals surface area contributed by atoms with Crippen molar-refractivity contribution in [3.05, 3.63) is 59.7 Å². The maximum Gasteiger partial charge on any atom is 0.322 e. The average Bonchev–Trinajstić information content (AvgIpc) is 2.47. The summed E-state index contributed by atoms with van der Waals surface area (Å²) in [4.78, 5) is 12.0. The topological polar surface area (TPSA) is 50.4 Å². The molecule has 4 nitrogen and oxygen atoms in total. The van der Waals surface area contributed by atoms with E-state index in [9.17, 15) is 4.79 Å². The van der Waals surface area contributed by atoms with E-state index in [4.69, 9.17) is 4.74 Å². The number of amides is 2. The van der Waals surface area contributed by atoms with Gasteiger partial charge in [-0.15, -0.1) is 0 Å². The van der Waals surface area contributed by atoms with Gasteiger partial charge in [-0.05, 0) is 55.2 Å². The van der Waals surface area contributed by atoms with Gasteiger partial charge in [0.2, 0.25) is 0 Å². The number of carbonyl (C=O) groups is 1. The first-order valence-electron chi connectivity index (χ1n) is 7.85. The number of anilines is 1. The van der Waals surface area contributed by atoms with E-state index in [1.165, 1.54) is 5.56 Å². The van der Waals surface area contributed by atoms with Gasteiger partial charge in [0.15, 0.2) is 6.23 Å². The summed E-state index contributed by atoms with van der Waals surface area (Å²) in [7, 11) is 0. The Kier molecular flexibility index (Phi) is 5.63. The first-order valence-corrected chi connectivity index (χ1v) is 7.85. The van der Waals surface area contributed by atoms with Crippen LogP contribution in [0.15, 0.2) is 48.5 Å². The highest BCUT2D eigenvalue weighted by Gasteiger charge is 2.09. The van der Waals surface area contributed by atoms with Crippen LogP contribution in [-0.4, -0.2) is 12.3 Å². The fourth-order valence-electron chi connectivity index (χ4n) is 2.24. The van der Waals surface area contributed by atoms with Gasteiger partial charge >= 0.3 is 6.03 Å². The minimum absolute atomic E-state index is 0.290. The van der Waals surface area contributed by atoms with E-state index >= 15 is 0 Å². The molecule has 23 heavy (non-hydrogen) atoms. The lowest BCUT2D eigenvalue weighted by molar-refractivity contribution is 0.183. The smallest absolute Gasteiger partial charge is 0.322 e. The molecule has 0 bridgehead atoms. The quantitative estimate of drug-likeness (QED) is 0.789. The zero-order chi connectivity index (χ0) is 16.8. The molecule has 0 aliphatic rings. The van der Waals surface area contributed by atoms with Gasteiger partial charge in [0.1, 0.15) is 5.75 Å². The largest absolute Gasteiger partial charge is 0.471 e. The molecular weight excluding hydrogens is 288 g/mol. The molecule has 2 aromatic carbocycles. The first kappa shape index (κ1) is 16.9. The van der Waals surface area contributed by atoms with E-state index in [1.54, 1.807) is 6.92 Å². The number of carbonyl (C=O) groups excluding carboxylic acids is 1. The fourth-order valence-corrected chi connectivity index (χ4v) is 2.24. The number of nitrogens with one attached hydrogen (secondary N) is 2. The van der Waals surface area contributed by atoms with Crippen LogP contribution in [0.5, 0.6) is 5.75 Å². The Morgan fingerprint density at radius 1 is 1.04 bits per heavy atom. The van der Waals surface area contributed by atoms with Crippen molar-refractivity contribution in [1.82, 2.24) is 5.32 Å². The van der Waals surface area contributed by atoms with Crippen molar-refractivity contribution in [2.45, 2.75) is 39.8 Å². The average molecular weight is 312 g/mol. The standard InChI is InChI=1S/C19H24N2O2/c1-13(2)16-8-10-18(11-9-16)23-15(4)20-19(22)21-17-7-5-6-14(3)12-17/h5-13,15H,1-4H3,(H2,20,21,22). The molecule has 122 valence electrons. The number of hydrogen-bond acceptors (Lipinski definition) is 2. The van der Waals surface area contributed by atoms with Crippen molar-refractivity contribution in [2.75, 3.05) is 5.32 Å². The number of hydrogen-bond donors (Lipinski definition) is 2. The molecular formula is C19H24N2O2. The predicted molar refractivity (Wildman–Crippen MR) is 94.0 cm³/mol. The third-order valence-electron chi connectivity index (χ3n) is 3.47. The van der Waals surface area contributed by atoms with Crippen molar-refractivity contribution >= 4 is 11.7 Å². The van der Waals surface area contributed by atoms with Gasteiger partial charge in [0.25, 0.3) is 0 Å². The first-order chi connectivity index (χ1) is 10.9. The zero-order valence-electron chi connectivity index (χ0n) is 14.1. The molecule has 0 aliphatic heterocycles. The molecule has 4 heteroatoms. The SMILES string of the molecule is Cc1cccc(NC(=O)NC(C)Oc2ccc(C(C)C)cc2)c1. The third-order valence-corrected chi connectivity index (χ3v) is 3.47. The second-order valence-electron chi connectivity index (χ2n) is 5.95. The second-order valence-corrected chi connectivity index (χ2v) is 5.95. The Bertz CT molecular complexity index is 651. The molecule has 2 aromatic rings. The molecule has 0 heterocycles. The van der Waals surface area contributed by atoms with E-state index in [1.807, 2.05) is 55.5 Å². The van der Waals surface area contributed by atoms with Gasteiger partial charge < -0.3 is 15.4 Å². The fraction of sp³-hybridized carbons (Fsp3) is 0.316. The van der Waals surface area contributed by atoms with Crippen molar-refractivity contribution in [3.8, 4) is 5.75 Å². The lowest BCUT2D eigenvalue weighted by atomic mass is 10.0. The molecule has 2 rings (SSSR count). The molecule has 0 radical (unpaired) electrons. The van der Waals surface area contributed by atoms with Crippen LogP contribution in [0.1, 0.15) is 37.8 Å². The van der Waals surface area contributed by atoms with Gasteiger partial charge in [-0.25, -0.2) is 4.79 Å². The predicted octanol–water partition coefficient (Wildman–Crippen LogP) is 4.66. The summed E-state index contributed by atoms with van der Waals surface area (Å²) in [5.41, 5.74) is 3.11. The Morgan fingerprint density at radius 2 is 1.74 bits per heavy atom. The molecule has 1 atom stereocenters. The summed E-state index contributed by atoms with van der Waals surface area (Å²) >= 11 is 0. The molecule has 0 saturated carbocycles. The van der Waals surface area contributed by atoms with Crippen LogP contribution < -0.4 is 15.4 Å². The molecule has 0 aromatic heterocycles. The van der Waals surface area contributed by atoms with Crippen LogP contribution in [0, 0.1) is 6.92 Å². The number of benzene rings is 2. The van der Waals surface area contributed by atoms with E-state index < -0.39 is 6.23 Å². The summed E-state index contributed by atoms with van der Waals surface area (Å²) in [6, 6.07) is 15.3. The van der Waals surface area contributed by atoms with E-state index in [0.717, 1.165) is 17.0 Å². The Morgan fingerprint density at radius 3 is 2.35 bits per heavy atom. The Hall–Kier alpha value is -2.49. The summed E-state index contributed by atoms with van der Waals surface area (Å²) in [6.07, 6.45) is -0.426. The monoisotopic (exact) mass is 312 g/mol. The molecule has 0 spiro atoms. The summed E-state index contributed by atoms with van der Waals surface area (Å²) in [6.45, 7) is 8.08. The molecule has 1 unspecified atom stereocenters. The molecule has 0 aliphatic carbocycles. The maximum atomic E-state index is 12.0. The highest BCUT2D eigenvalue weighted by molar-refractivity contribution is 5.89. The Balaban J connectivity index is 1.86.